The first-order valence-electron chi connectivity index (χ1n) is 7.66. The van der Waals surface area contributed by atoms with E-state index in [4.69, 9.17) is 0 Å². The molecule has 1 N–H and O–H groups in total. The van der Waals surface area contributed by atoms with Crippen LogP contribution >= 0.6 is 0 Å². The highest BCUT2D eigenvalue weighted by molar-refractivity contribution is 5.81. The number of likely N-dealkylation sites (tertiary alicyclic amines) is 1. The number of hydrogen-bond acceptors (Lipinski definition) is 2. The minimum absolute atomic E-state index is 0.142. The van der Waals surface area contributed by atoms with Crippen LogP contribution in [0.4, 0.5) is 0 Å². The second-order valence-electron chi connectivity index (χ2n) is 6.25. The van der Waals surface area contributed by atoms with Gasteiger partial charge in [-0.05, 0) is 44.1 Å². The summed E-state index contributed by atoms with van der Waals surface area (Å²) in [5.74, 6) is 1.96. The van der Waals surface area contributed by atoms with E-state index in [1.807, 2.05) is 0 Å². The molecule has 3 heteroatoms. The van der Waals surface area contributed by atoms with Gasteiger partial charge in [0.2, 0.25) is 5.91 Å². The van der Waals surface area contributed by atoms with Gasteiger partial charge in [0.1, 0.15) is 0 Å². The highest BCUT2D eigenvalue weighted by atomic mass is 16.2. The third kappa shape index (κ3) is 3.47. The molecule has 1 unspecified atom stereocenters. The number of carbonyl (C=O) groups excluding carboxylic acids is 1. The lowest BCUT2D eigenvalue weighted by atomic mass is 9.82. The van der Waals surface area contributed by atoms with Gasteiger partial charge in [0, 0.05) is 13.6 Å². The van der Waals surface area contributed by atoms with Crippen LogP contribution in [0.25, 0.3) is 0 Å². The average Bonchev–Trinajstić information content (AvgIpc) is 2.41. The lowest BCUT2D eigenvalue weighted by molar-refractivity contribution is -0.127. The third-order valence-corrected chi connectivity index (χ3v) is 4.79. The molecule has 1 saturated heterocycles. The normalized spacial score (nSPS) is 34.2. The fourth-order valence-corrected chi connectivity index (χ4v) is 3.52. The van der Waals surface area contributed by atoms with Crippen molar-refractivity contribution in [2.75, 3.05) is 20.1 Å². The Bertz CT molecular complexity index is 272. The molecule has 0 spiro atoms. The number of carbonyl (C=O) groups is 1. The molecule has 1 heterocycles. The molecular formula is C15H28N2O. The molecule has 18 heavy (non-hydrogen) atoms. The predicted molar refractivity (Wildman–Crippen MR) is 74.4 cm³/mol. The van der Waals surface area contributed by atoms with Gasteiger partial charge in [-0.3, -0.25) is 9.69 Å². The number of likely N-dealkylation sites (N-methyl/N-ethyl adjacent to an activating group) is 1. The molecule has 1 aliphatic heterocycles. The van der Waals surface area contributed by atoms with Crippen LogP contribution in [0, 0.1) is 11.8 Å². The Morgan fingerprint density at radius 1 is 1.17 bits per heavy atom. The molecule has 2 rings (SSSR count). The van der Waals surface area contributed by atoms with Gasteiger partial charge < -0.3 is 5.32 Å². The van der Waals surface area contributed by atoms with E-state index >= 15 is 0 Å². The predicted octanol–water partition coefficient (Wildman–Crippen LogP) is 2.41. The summed E-state index contributed by atoms with van der Waals surface area (Å²) in [5, 5.41) is 2.83. The Morgan fingerprint density at radius 2 is 1.89 bits per heavy atom. The van der Waals surface area contributed by atoms with Gasteiger partial charge in [-0.25, -0.2) is 0 Å². The molecule has 1 saturated carbocycles. The standard InChI is InChI=1S/C15H28N2O/c1-12-6-8-13(9-7-12)11-17-10-4-3-5-14(17)15(18)16-2/h12-14H,3-11H2,1-2H3,(H,16,18). The summed E-state index contributed by atoms with van der Waals surface area (Å²) in [7, 11) is 1.76. The summed E-state index contributed by atoms with van der Waals surface area (Å²) in [6.07, 6.45) is 8.98. The van der Waals surface area contributed by atoms with Crippen LogP contribution in [0.5, 0.6) is 0 Å². The van der Waals surface area contributed by atoms with Crippen molar-refractivity contribution in [3.05, 3.63) is 0 Å². The first kappa shape index (κ1) is 13.9. The molecular weight excluding hydrogens is 224 g/mol. The fourth-order valence-electron chi connectivity index (χ4n) is 3.52. The minimum atomic E-state index is 0.142. The zero-order valence-electron chi connectivity index (χ0n) is 12.0. The molecule has 0 aromatic rings. The van der Waals surface area contributed by atoms with Crippen LogP contribution in [0.15, 0.2) is 0 Å². The summed E-state index contributed by atoms with van der Waals surface area (Å²) in [6.45, 7) is 4.62. The number of rotatable bonds is 3. The van der Waals surface area contributed by atoms with E-state index in [1.165, 1.54) is 38.5 Å². The van der Waals surface area contributed by atoms with Crippen LogP contribution in [0.2, 0.25) is 0 Å². The summed E-state index contributed by atoms with van der Waals surface area (Å²) in [6, 6.07) is 0.142. The van der Waals surface area contributed by atoms with Crippen molar-refractivity contribution >= 4 is 5.91 Å². The van der Waals surface area contributed by atoms with E-state index < -0.39 is 0 Å². The van der Waals surface area contributed by atoms with Gasteiger partial charge >= 0.3 is 0 Å². The molecule has 2 aliphatic rings. The van der Waals surface area contributed by atoms with E-state index in [0.717, 1.165) is 31.3 Å². The number of nitrogens with zero attached hydrogens (tertiary/aromatic N) is 1. The SMILES string of the molecule is CNC(=O)C1CCCCN1CC1CCC(C)CC1. The van der Waals surface area contributed by atoms with Crippen LogP contribution in [0.3, 0.4) is 0 Å². The van der Waals surface area contributed by atoms with Gasteiger partial charge in [-0.2, -0.15) is 0 Å². The first-order valence-corrected chi connectivity index (χ1v) is 7.66. The topological polar surface area (TPSA) is 32.3 Å². The number of piperidine rings is 1. The van der Waals surface area contributed by atoms with Gasteiger partial charge in [0.15, 0.2) is 0 Å². The second-order valence-corrected chi connectivity index (χ2v) is 6.25. The van der Waals surface area contributed by atoms with Crippen molar-refractivity contribution in [2.24, 2.45) is 11.8 Å². The van der Waals surface area contributed by atoms with Crippen molar-refractivity contribution in [3.8, 4) is 0 Å². The van der Waals surface area contributed by atoms with Gasteiger partial charge in [-0.15, -0.1) is 0 Å². The number of nitrogens with one attached hydrogen (secondary N) is 1. The third-order valence-electron chi connectivity index (χ3n) is 4.79. The lowest BCUT2D eigenvalue weighted by Gasteiger charge is -2.38. The Balaban J connectivity index is 1.87. The first-order chi connectivity index (χ1) is 8.70. The Kier molecular flexibility index (Phi) is 5.04. The van der Waals surface area contributed by atoms with E-state index in [2.05, 4.69) is 17.1 Å². The quantitative estimate of drug-likeness (QED) is 0.836. The molecule has 2 fully saturated rings. The Labute approximate surface area is 111 Å². The fraction of sp³-hybridized carbons (Fsp3) is 0.933. The molecule has 3 nitrogen and oxygen atoms in total. The van der Waals surface area contributed by atoms with Crippen LogP contribution in [0.1, 0.15) is 51.9 Å². The van der Waals surface area contributed by atoms with Crippen molar-refractivity contribution < 1.29 is 4.79 Å². The van der Waals surface area contributed by atoms with Crippen molar-refractivity contribution in [1.82, 2.24) is 10.2 Å². The monoisotopic (exact) mass is 252 g/mol. The van der Waals surface area contributed by atoms with Crippen LogP contribution in [-0.2, 0) is 4.79 Å². The van der Waals surface area contributed by atoms with E-state index in [9.17, 15) is 4.79 Å². The van der Waals surface area contributed by atoms with Crippen molar-refractivity contribution in [3.63, 3.8) is 0 Å². The molecule has 0 radical (unpaired) electrons. The minimum Gasteiger partial charge on any atom is -0.358 e. The number of amides is 1. The molecule has 0 bridgehead atoms. The Hall–Kier alpha value is -0.570. The zero-order chi connectivity index (χ0) is 13.0. The van der Waals surface area contributed by atoms with Crippen LogP contribution < -0.4 is 5.32 Å². The maximum atomic E-state index is 11.9. The maximum absolute atomic E-state index is 11.9. The Morgan fingerprint density at radius 3 is 2.56 bits per heavy atom. The summed E-state index contributed by atoms with van der Waals surface area (Å²) in [5.41, 5.74) is 0. The van der Waals surface area contributed by atoms with E-state index in [-0.39, 0.29) is 11.9 Å². The molecule has 1 amide bonds. The molecule has 0 aromatic carbocycles. The smallest absolute Gasteiger partial charge is 0.237 e. The zero-order valence-corrected chi connectivity index (χ0v) is 12.0. The summed E-state index contributed by atoms with van der Waals surface area (Å²) < 4.78 is 0. The van der Waals surface area contributed by atoms with E-state index in [0.29, 0.717) is 0 Å². The summed E-state index contributed by atoms with van der Waals surface area (Å²) >= 11 is 0. The van der Waals surface area contributed by atoms with Crippen LogP contribution in [-0.4, -0.2) is 37.0 Å². The van der Waals surface area contributed by atoms with Gasteiger partial charge in [0.25, 0.3) is 0 Å². The average molecular weight is 252 g/mol. The highest BCUT2D eigenvalue weighted by Gasteiger charge is 2.30. The number of hydrogen-bond donors (Lipinski definition) is 1. The molecule has 0 aromatic heterocycles. The summed E-state index contributed by atoms with van der Waals surface area (Å²) in [4.78, 5) is 14.4. The van der Waals surface area contributed by atoms with Crippen molar-refractivity contribution in [1.29, 1.82) is 0 Å². The van der Waals surface area contributed by atoms with Gasteiger partial charge in [-0.1, -0.05) is 26.2 Å². The maximum Gasteiger partial charge on any atom is 0.237 e. The van der Waals surface area contributed by atoms with E-state index in [1.54, 1.807) is 7.05 Å². The molecule has 104 valence electrons. The second kappa shape index (κ2) is 6.55. The molecule has 1 atom stereocenters. The highest BCUT2D eigenvalue weighted by Crippen LogP contribution is 2.30. The van der Waals surface area contributed by atoms with Crippen molar-refractivity contribution in [2.45, 2.75) is 57.9 Å². The van der Waals surface area contributed by atoms with Gasteiger partial charge in [0.05, 0.1) is 6.04 Å². The molecule has 1 aliphatic carbocycles. The lowest BCUT2D eigenvalue weighted by Crippen LogP contribution is -2.50. The largest absolute Gasteiger partial charge is 0.358 e.